The first kappa shape index (κ1) is 15.4. The van der Waals surface area contributed by atoms with Crippen molar-refractivity contribution in [2.45, 2.75) is 6.10 Å². The van der Waals surface area contributed by atoms with Gasteiger partial charge in [0.1, 0.15) is 5.82 Å². The van der Waals surface area contributed by atoms with Crippen LogP contribution in [0.25, 0.3) is 10.9 Å². The predicted octanol–water partition coefficient (Wildman–Crippen LogP) is 0.762. The molecule has 1 saturated heterocycles. The number of carboxylic acid groups (broad SMARTS) is 1. The summed E-state index contributed by atoms with van der Waals surface area (Å²) in [4.78, 5) is 21.5. The number of ether oxygens (including phenoxy) is 2. The van der Waals surface area contributed by atoms with Gasteiger partial charge in [-0.3, -0.25) is 0 Å². The minimum absolute atomic E-state index is 0.0670. The zero-order valence-electron chi connectivity index (χ0n) is 12.7. The van der Waals surface area contributed by atoms with E-state index < -0.39 is 5.97 Å². The van der Waals surface area contributed by atoms with Gasteiger partial charge in [0.05, 0.1) is 37.0 Å². The van der Waals surface area contributed by atoms with E-state index in [1.165, 1.54) is 6.07 Å². The molecule has 8 heteroatoms. The van der Waals surface area contributed by atoms with Gasteiger partial charge in [-0.15, -0.1) is 0 Å². The fourth-order valence-corrected chi connectivity index (χ4v) is 2.59. The number of aromatic carboxylic acids is 1. The second-order valence-electron chi connectivity index (χ2n) is 5.39. The third kappa shape index (κ3) is 3.33. The van der Waals surface area contributed by atoms with Crippen molar-refractivity contribution < 1.29 is 19.4 Å². The van der Waals surface area contributed by atoms with E-state index in [0.29, 0.717) is 43.1 Å². The molecule has 3 N–H and O–H groups in total. The SMILES string of the molecule is CN(CC1COCCO1)c1nc(N)nc2ccc(C(=O)O)cc12. The van der Waals surface area contributed by atoms with Crippen molar-refractivity contribution in [3.8, 4) is 0 Å². The Morgan fingerprint density at radius 2 is 2.26 bits per heavy atom. The number of fused-ring (bicyclic) bond motifs is 1. The van der Waals surface area contributed by atoms with Gasteiger partial charge >= 0.3 is 5.97 Å². The molecule has 1 aromatic heterocycles. The lowest BCUT2D eigenvalue weighted by Crippen LogP contribution is -2.38. The Labute approximate surface area is 132 Å². The molecular weight excluding hydrogens is 300 g/mol. The van der Waals surface area contributed by atoms with Gasteiger partial charge in [-0.05, 0) is 18.2 Å². The van der Waals surface area contributed by atoms with Crippen LogP contribution in [0.3, 0.4) is 0 Å². The van der Waals surface area contributed by atoms with Crippen LogP contribution in [0.2, 0.25) is 0 Å². The summed E-state index contributed by atoms with van der Waals surface area (Å²) in [5, 5.41) is 9.81. The standard InChI is InChI=1S/C15H18N4O4/c1-19(7-10-8-22-4-5-23-10)13-11-6-9(14(20)21)2-3-12(11)17-15(16)18-13/h2-3,6,10H,4-5,7-8H2,1H3,(H,20,21)(H2,16,17,18). The molecular formula is C15H18N4O4. The minimum atomic E-state index is -0.999. The second kappa shape index (κ2) is 6.35. The van der Waals surface area contributed by atoms with Crippen molar-refractivity contribution in [2.75, 3.05) is 44.0 Å². The van der Waals surface area contributed by atoms with E-state index in [9.17, 15) is 9.90 Å². The number of hydrogen-bond acceptors (Lipinski definition) is 7. The van der Waals surface area contributed by atoms with Gasteiger partial charge in [-0.1, -0.05) is 0 Å². The summed E-state index contributed by atoms with van der Waals surface area (Å²) >= 11 is 0. The van der Waals surface area contributed by atoms with Crippen LogP contribution in [0.5, 0.6) is 0 Å². The van der Waals surface area contributed by atoms with Crippen LogP contribution in [0.1, 0.15) is 10.4 Å². The van der Waals surface area contributed by atoms with E-state index >= 15 is 0 Å². The van der Waals surface area contributed by atoms with E-state index in [2.05, 4.69) is 9.97 Å². The maximum absolute atomic E-state index is 11.2. The molecule has 8 nitrogen and oxygen atoms in total. The first-order valence-corrected chi connectivity index (χ1v) is 7.25. The van der Waals surface area contributed by atoms with Gasteiger partial charge in [-0.25, -0.2) is 9.78 Å². The number of carbonyl (C=O) groups is 1. The average Bonchev–Trinajstić information content (AvgIpc) is 2.54. The monoisotopic (exact) mass is 318 g/mol. The molecule has 2 aromatic rings. The fraction of sp³-hybridized carbons (Fsp3) is 0.400. The number of anilines is 2. The van der Waals surface area contributed by atoms with Gasteiger partial charge in [0, 0.05) is 19.0 Å². The number of hydrogen-bond donors (Lipinski definition) is 2. The van der Waals surface area contributed by atoms with Gasteiger partial charge in [-0.2, -0.15) is 4.98 Å². The van der Waals surface area contributed by atoms with Crippen molar-refractivity contribution in [3.05, 3.63) is 23.8 Å². The molecule has 1 fully saturated rings. The number of nitrogens with zero attached hydrogens (tertiary/aromatic N) is 3. The maximum atomic E-state index is 11.2. The molecule has 0 bridgehead atoms. The van der Waals surface area contributed by atoms with E-state index in [-0.39, 0.29) is 17.6 Å². The summed E-state index contributed by atoms with van der Waals surface area (Å²) in [7, 11) is 1.85. The van der Waals surface area contributed by atoms with Crippen LogP contribution in [-0.2, 0) is 9.47 Å². The Kier molecular flexibility index (Phi) is 4.26. The molecule has 1 aromatic carbocycles. The Morgan fingerprint density at radius 3 is 2.96 bits per heavy atom. The first-order chi connectivity index (χ1) is 11.0. The van der Waals surface area contributed by atoms with Crippen LogP contribution in [-0.4, -0.2) is 60.6 Å². The highest BCUT2D eigenvalue weighted by Gasteiger charge is 2.19. The predicted molar refractivity (Wildman–Crippen MR) is 84.7 cm³/mol. The number of likely N-dealkylation sites (N-methyl/N-ethyl adjacent to an activating group) is 1. The minimum Gasteiger partial charge on any atom is -0.478 e. The molecule has 23 heavy (non-hydrogen) atoms. The molecule has 0 aliphatic carbocycles. The number of benzene rings is 1. The zero-order valence-corrected chi connectivity index (χ0v) is 12.7. The van der Waals surface area contributed by atoms with Crippen molar-refractivity contribution in [1.82, 2.24) is 9.97 Å². The van der Waals surface area contributed by atoms with Crippen LogP contribution in [0, 0.1) is 0 Å². The summed E-state index contributed by atoms with van der Waals surface area (Å²) < 4.78 is 11.0. The third-order valence-corrected chi connectivity index (χ3v) is 3.66. The summed E-state index contributed by atoms with van der Waals surface area (Å²) in [6.07, 6.45) is -0.0670. The number of carboxylic acids is 1. The van der Waals surface area contributed by atoms with Crippen molar-refractivity contribution in [1.29, 1.82) is 0 Å². The Balaban J connectivity index is 1.96. The molecule has 0 spiro atoms. The van der Waals surface area contributed by atoms with Crippen molar-refractivity contribution >= 4 is 28.6 Å². The van der Waals surface area contributed by atoms with Gasteiger partial charge in [0.15, 0.2) is 0 Å². The fourth-order valence-electron chi connectivity index (χ4n) is 2.59. The van der Waals surface area contributed by atoms with Crippen LogP contribution >= 0.6 is 0 Å². The summed E-state index contributed by atoms with van der Waals surface area (Å²) in [5.41, 5.74) is 6.55. The second-order valence-corrected chi connectivity index (χ2v) is 5.39. The van der Waals surface area contributed by atoms with Crippen LogP contribution in [0.15, 0.2) is 18.2 Å². The first-order valence-electron chi connectivity index (χ1n) is 7.25. The molecule has 1 aliphatic heterocycles. The lowest BCUT2D eigenvalue weighted by Gasteiger charge is -2.28. The van der Waals surface area contributed by atoms with Gasteiger partial charge < -0.3 is 25.2 Å². The highest BCUT2D eigenvalue weighted by molar-refractivity contribution is 5.97. The largest absolute Gasteiger partial charge is 0.478 e. The zero-order chi connectivity index (χ0) is 16.4. The van der Waals surface area contributed by atoms with E-state index in [0.717, 1.165) is 0 Å². The number of aromatic nitrogens is 2. The smallest absolute Gasteiger partial charge is 0.335 e. The van der Waals surface area contributed by atoms with E-state index in [1.54, 1.807) is 12.1 Å². The van der Waals surface area contributed by atoms with Crippen molar-refractivity contribution in [3.63, 3.8) is 0 Å². The Hall–Kier alpha value is -2.45. The molecule has 1 unspecified atom stereocenters. The Bertz CT molecular complexity index is 731. The van der Waals surface area contributed by atoms with Crippen molar-refractivity contribution in [2.24, 2.45) is 0 Å². The van der Waals surface area contributed by atoms with Crippen LogP contribution in [0.4, 0.5) is 11.8 Å². The molecule has 0 amide bonds. The van der Waals surface area contributed by atoms with Crippen LogP contribution < -0.4 is 10.6 Å². The van der Waals surface area contributed by atoms with Gasteiger partial charge in [0.25, 0.3) is 0 Å². The molecule has 1 atom stereocenters. The quantitative estimate of drug-likeness (QED) is 0.850. The summed E-state index contributed by atoms with van der Waals surface area (Å²) in [6, 6.07) is 4.69. The number of rotatable bonds is 4. The molecule has 1 aliphatic rings. The van der Waals surface area contributed by atoms with Gasteiger partial charge in [0.2, 0.25) is 5.95 Å². The lowest BCUT2D eigenvalue weighted by molar-refractivity contribution is -0.0837. The normalized spacial score (nSPS) is 18.0. The van der Waals surface area contributed by atoms with E-state index in [4.69, 9.17) is 15.2 Å². The molecule has 2 heterocycles. The molecule has 0 saturated carbocycles. The summed E-state index contributed by atoms with van der Waals surface area (Å²) in [5.74, 6) is -0.283. The van der Waals surface area contributed by atoms with E-state index in [1.807, 2.05) is 11.9 Å². The third-order valence-electron chi connectivity index (χ3n) is 3.66. The number of nitrogen functional groups attached to an aromatic ring is 1. The molecule has 122 valence electrons. The maximum Gasteiger partial charge on any atom is 0.335 e. The lowest BCUT2D eigenvalue weighted by atomic mass is 10.1. The highest BCUT2D eigenvalue weighted by Crippen LogP contribution is 2.25. The average molecular weight is 318 g/mol. The summed E-state index contributed by atoms with van der Waals surface area (Å²) in [6.45, 7) is 2.24. The number of nitrogens with two attached hydrogens (primary N) is 1. The molecule has 0 radical (unpaired) electrons. The molecule has 3 rings (SSSR count). The highest BCUT2D eigenvalue weighted by atomic mass is 16.6. The Morgan fingerprint density at radius 1 is 1.43 bits per heavy atom. The topological polar surface area (TPSA) is 111 Å².